The highest BCUT2D eigenvalue weighted by Gasteiger charge is 2.29. The van der Waals surface area contributed by atoms with Gasteiger partial charge in [0.05, 0.1) is 16.3 Å². The average Bonchev–Trinajstić information content (AvgIpc) is 3.17. The van der Waals surface area contributed by atoms with E-state index in [1.165, 1.54) is 18.3 Å². The van der Waals surface area contributed by atoms with Crippen molar-refractivity contribution in [2.24, 2.45) is 0 Å². The maximum Gasteiger partial charge on any atom is 0.245 e. The highest BCUT2D eigenvalue weighted by atomic mass is 32.2. The fourth-order valence-corrected chi connectivity index (χ4v) is 3.73. The zero-order valence-electron chi connectivity index (χ0n) is 11.9. The van der Waals surface area contributed by atoms with Crippen LogP contribution in [0.4, 0.5) is 0 Å². The molecule has 0 aliphatic carbocycles. The van der Waals surface area contributed by atoms with E-state index in [1.54, 1.807) is 13.0 Å². The Balaban J connectivity index is 1.82. The van der Waals surface area contributed by atoms with Crippen LogP contribution in [-0.4, -0.2) is 23.7 Å². The molecule has 0 aliphatic heterocycles. The Labute approximate surface area is 130 Å². The quantitative estimate of drug-likeness (QED) is 0.704. The summed E-state index contributed by atoms with van der Waals surface area (Å²) >= 11 is 1.46. The van der Waals surface area contributed by atoms with E-state index in [1.807, 2.05) is 17.5 Å². The highest BCUT2D eigenvalue weighted by Crippen LogP contribution is 2.27. The van der Waals surface area contributed by atoms with Gasteiger partial charge in [0.25, 0.3) is 0 Å². The van der Waals surface area contributed by atoms with E-state index in [0.717, 1.165) is 4.88 Å². The van der Waals surface area contributed by atoms with Crippen LogP contribution < -0.4 is 0 Å². The Kier molecular flexibility index (Phi) is 3.83. The normalized spacial score (nSPS) is 13.4. The van der Waals surface area contributed by atoms with Crippen LogP contribution in [0, 0.1) is 6.92 Å². The molecule has 3 aromatic heterocycles. The van der Waals surface area contributed by atoms with E-state index in [9.17, 15) is 8.42 Å². The Hall–Kier alpha value is -2.00. The number of nitrogens with zero attached hydrogens (tertiary/aromatic N) is 3. The lowest BCUT2D eigenvalue weighted by molar-refractivity contribution is 0.376. The summed E-state index contributed by atoms with van der Waals surface area (Å²) in [6, 6.07) is 5.30. The van der Waals surface area contributed by atoms with E-state index in [0.29, 0.717) is 17.3 Å². The van der Waals surface area contributed by atoms with Gasteiger partial charge in [0.2, 0.25) is 11.7 Å². The van der Waals surface area contributed by atoms with E-state index >= 15 is 0 Å². The molecule has 0 saturated carbocycles. The SMILES string of the molecule is Cc1cc(CS(=O)(=O)[C@H](C)c2nc(-c3cccs3)no2)no1. The fourth-order valence-electron chi connectivity index (χ4n) is 1.88. The van der Waals surface area contributed by atoms with Gasteiger partial charge in [0.1, 0.15) is 11.0 Å². The molecule has 1 atom stereocenters. The van der Waals surface area contributed by atoms with Gasteiger partial charge in [-0.05, 0) is 25.3 Å². The van der Waals surface area contributed by atoms with E-state index in [4.69, 9.17) is 9.05 Å². The van der Waals surface area contributed by atoms with Crippen molar-refractivity contribution in [3.63, 3.8) is 0 Å². The van der Waals surface area contributed by atoms with Crippen molar-refractivity contribution in [3.05, 3.63) is 40.9 Å². The standard InChI is InChI=1S/C13H13N3O4S2/c1-8-6-10(15-19-8)7-22(17,18)9(2)13-14-12(16-20-13)11-4-3-5-21-11/h3-6,9H,7H2,1-2H3/t9-/m1/s1. The summed E-state index contributed by atoms with van der Waals surface area (Å²) in [5, 5.41) is 8.51. The fraction of sp³-hybridized carbons (Fsp3) is 0.308. The summed E-state index contributed by atoms with van der Waals surface area (Å²) in [5.41, 5.74) is 0.363. The molecule has 0 N–H and O–H groups in total. The number of rotatable bonds is 5. The highest BCUT2D eigenvalue weighted by molar-refractivity contribution is 7.90. The molecule has 3 rings (SSSR count). The van der Waals surface area contributed by atoms with Gasteiger partial charge in [0, 0.05) is 6.07 Å². The largest absolute Gasteiger partial charge is 0.361 e. The van der Waals surface area contributed by atoms with Crippen LogP contribution in [0.3, 0.4) is 0 Å². The first kappa shape index (κ1) is 14.9. The molecule has 0 spiro atoms. The summed E-state index contributed by atoms with van der Waals surface area (Å²) in [4.78, 5) is 5.00. The molecule has 0 amide bonds. The molecule has 7 nitrogen and oxygen atoms in total. The van der Waals surface area contributed by atoms with Gasteiger partial charge in [-0.2, -0.15) is 4.98 Å². The Morgan fingerprint density at radius 1 is 1.32 bits per heavy atom. The molecule has 9 heteroatoms. The van der Waals surface area contributed by atoms with Gasteiger partial charge < -0.3 is 9.05 Å². The predicted octanol–water partition coefficient (Wildman–Crippen LogP) is 2.77. The Bertz CT molecular complexity index is 865. The van der Waals surface area contributed by atoms with Crippen molar-refractivity contribution < 1.29 is 17.5 Å². The minimum absolute atomic E-state index is 0.0728. The minimum Gasteiger partial charge on any atom is -0.361 e. The van der Waals surface area contributed by atoms with Crippen LogP contribution in [0.5, 0.6) is 0 Å². The van der Waals surface area contributed by atoms with Gasteiger partial charge in [-0.15, -0.1) is 11.3 Å². The molecule has 0 fully saturated rings. The van der Waals surface area contributed by atoms with E-state index in [2.05, 4.69) is 15.3 Å². The third-order valence-corrected chi connectivity index (χ3v) is 5.94. The lowest BCUT2D eigenvalue weighted by Gasteiger charge is -2.06. The van der Waals surface area contributed by atoms with Crippen LogP contribution in [0.1, 0.15) is 29.5 Å². The summed E-state index contributed by atoms with van der Waals surface area (Å²) in [7, 11) is -3.52. The number of thiophene rings is 1. The predicted molar refractivity (Wildman–Crippen MR) is 79.9 cm³/mol. The number of aryl methyl sites for hydroxylation is 1. The summed E-state index contributed by atoms with van der Waals surface area (Å²) in [6.45, 7) is 3.23. The first-order chi connectivity index (χ1) is 10.5. The topological polar surface area (TPSA) is 99.1 Å². The monoisotopic (exact) mass is 339 g/mol. The smallest absolute Gasteiger partial charge is 0.245 e. The zero-order valence-corrected chi connectivity index (χ0v) is 13.5. The van der Waals surface area contributed by atoms with Crippen molar-refractivity contribution in [3.8, 4) is 10.7 Å². The van der Waals surface area contributed by atoms with E-state index < -0.39 is 15.1 Å². The maximum absolute atomic E-state index is 12.4. The lowest BCUT2D eigenvalue weighted by Crippen LogP contribution is -2.13. The van der Waals surface area contributed by atoms with Crippen LogP contribution >= 0.6 is 11.3 Å². The lowest BCUT2D eigenvalue weighted by atomic mass is 10.4. The van der Waals surface area contributed by atoms with Crippen LogP contribution in [0.25, 0.3) is 10.7 Å². The first-order valence-corrected chi connectivity index (χ1v) is 9.06. The molecular formula is C13H13N3O4S2. The molecule has 0 saturated heterocycles. The number of sulfone groups is 1. The van der Waals surface area contributed by atoms with E-state index in [-0.39, 0.29) is 11.6 Å². The average molecular weight is 339 g/mol. The summed E-state index contributed by atoms with van der Waals surface area (Å²) in [6.07, 6.45) is 0. The second kappa shape index (κ2) is 5.65. The van der Waals surface area contributed by atoms with Crippen molar-refractivity contribution in [1.82, 2.24) is 15.3 Å². The molecule has 0 bridgehead atoms. The molecule has 116 valence electrons. The second-order valence-electron chi connectivity index (χ2n) is 4.81. The third kappa shape index (κ3) is 2.95. The molecule has 22 heavy (non-hydrogen) atoms. The van der Waals surface area contributed by atoms with Crippen LogP contribution in [-0.2, 0) is 15.6 Å². The van der Waals surface area contributed by atoms with Gasteiger partial charge >= 0.3 is 0 Å². The zero-order chi connectivity index (χ0) is 15.7. The molecule has 0 aliphatic rings. The summed E-state index contributed by atoms with van der Waals surface area (Å²) in [5.74, 6) is 0.797. The first-order valence-electron chi connectivity index (χ1n) is 6.47. The van der Waals surface area contributed by atoms with Crippen LogP contribution in [0.15, 0.2) is 32.6 Å². The van der Waals surface area contributed by atoms with Gasteiger partial charge in [-0.25, -0.2) is 8.42 Å². The van der Waals surface area contributed by atoms with Gasteiger partial charge in [-0.1, -0.05) is 16.4 Å². The van der Waals surface area contributed by atoms with Crippen molar-refractivity contribution in [2.45, 2.75) is 24.9 Å². The Morgan fingerprint density at radius 3 is 2.77 bits per heavy atom. The van der Waals surface area contributed by atoms with Crippen LogP contribution in [0.2, 0.25) is 0 Å². The third-order valence-electron chi connectivity index (χ3n) is 3.10. The molecule has 0 aromatic carbocycles. The molecule has 3 aromatic rings. The van der Waals surface area contributed by atoms with Crippen molar-refractivity contribution in [2.75, 3.05) is 0 Å². The molecule has 3 heterocycles. The summed E-state index contributed by atoms with van der Waals surface area (Å²) < 4.78 is 34.8. The number of hydrogen-bond acceptors (Lipinski definition) is 8. The molecule has 0 unspecified atom stereocenters. The van der Waals surface area contributed by atoms with Gasteiger partial charge in [-0.3, -0.25) is 0 Å². The van der Waals surface area contributed by atoms with Gasteiger partial charge in [0.15, 0.2) is 9.84 Å². The van der Waals surface area contributed by atoms with Crippen molar-refractivity contribution in [1.29, 1.82) is 0 Å². The maximum atomic E-state index is 12.4. The number of aromatic nitrogens is 3. The second-order valence-corrected chi connectivity index (χ2v) is 8.08. The van der Waals surface area contributed by atoms with Crippen molar-refractivity contribution >= 4 is 21.2 Å². The molecule has 0 radical (unpaired) electrons. The number of hydrogen-bond donors (Lipinski definition) is 0. The molecular weight excluding hydrogens is 326 g/mol. The minimum atomic E-state index is -3.52. The Morgan fingerprint density at radius 2 is 2.14 bits per heavy atom.